The third-order valence-electron chi connectivity index (χ3n) is 2.91. The molecule has 0 saturated heterocycles. The van der Waals surface area contributed by atoms with E-state index in [1.54, 1.807) is 0 Å². The number of hydrogen-bond donors (Lipinski definition) is 3. The van der Waals surface area contributed by atoms with Crippen molar-refractivity contribution in [3.8, 4) is 0 Å². The molecule has 1 rings (SSSR count). The largest absolute Gasteiger partial charge is 0.549 e. The Morgan fingerprint density at radius 3 is 2.00 bits per heavy atom. The zero-order valence-electron chi connectivity index (χ0n) is 12.9. The molecule has 0 saturated carbocycles. The lowest BCUT2D eigenvalue weighted by Gasteiger charge is -2.13. The first kappa shape index (κ1) is 21.8. The summed E-state index contributed by atoms with van der Waals surface area (Å²) < 4.78 is 22.6. The van der Waals surface area contributed by atoms with Gasteiger partial charge < -0.3 is 25.0 Å². The molecule has 9 heteroatoms. The number of benzene rings is 1. The van der Waals surface area contributed by atoms with Crippen LogP contribution in [0.5, 0.6) is 0 Å². The summed E-state index contributed by atoms with van der Waals surface area (Å²) in [5.41, 5.74) is 0. The van der Waals surface area contributed by atoms with Gasteiger partial charge in [-0.25, -0.2) is 8.42 Å². The molecule has 0 aliphatic heterocycles. The van der Waals surface area contributed by atoms with E-state index in [2.05, 4.69) is 0 Å². The second-order valence-electron chi connectivity index (χ2n) is 4.64. The van der Waals surface area contributed by atoms with Crippen molar-refractivity contribution in [3.63, 3.8) is 0 Å². The molecule has 7 nitrogen and oxygen atoms in total. The molecule has 0 unspecified atom stereocenters. The summed E-state index contributed by atoms with van der Waals surface area (Å²) >= 11 is 5.54. The van der Waals surface area contributed by atoms with Gasteiger partial charge in [-0.2, -0.15) is 0 Å². The zero-order valence-corrected chi connectivity index (χ0v) is 14.4. The van der Waals surface area contributed by atoms with Crippen LogP contribution in [0.4, 0.5) is 0 Å². The molecule has 23 heavy (non-hydrogen) atoms. The van der Waals surface area contributed by atoms with E-state index in [0.717, 1.165) is 19.6 Å². The van der Waals surface area contributed by atoms with Crippen LogP contribution in [0.2, 0.25) is 5.02 Å². The number of rotatable bonds is 8. The van der Waals surface area contributed by atoms with Crippen LogP contribution in [0, 0.1) is 0 Å². The number of aliphatic hydroxyl groups excluding tert-OH is 2. The summed E-state index contributed by atoms with van der Waals surface area (Å²) in [4.78, 5) is 11.3. The van der Waals surface area contributed by atoms with Crippen LogP contribution in [0.25, 0.3) is 0 Å². The standard InChI is InChI=1S/C8H7ClO4S.C6H15NO2/c9-6-1-3-7(4-2-6)14(12,13)5-8(10)11;1-2-7(3-5-8)4-6-9/h1-4H,5H2,(H,10,11);8-9H,2-6H2,1H3. The van der Waals surface area contributed by atoms with Gasteiger partial charge in [-0.3, -0.25) is 0 Å². The second-order valence-corrected chi connectivity index (χ2v) is 7.06. The van der Waals surface area contributed by atoms with Gasteiger partial charge in [0.2, 0.25) is 0 Å². The van der Waals surface area contributed by atoms with E-state index in [1.165, 1.54) is 29.2 Å². The van der Waals surface area contributed by atoms with Crippen LogP contribution in [0.15, 0.2) is 29.2 Å². The maximum Gasteiger partial charge on any atom is 0.183 e. The fourth-order valence-corrected chi connectivity index (χ4v) is 2.83. The molecular formula is C14H22ClNO6S. The van der Waals surface area contributed by atoms with E-state index in [9.17, 15) is 18.3 Å². The van der Waals surface area contributed by atoms with Crippen LogP contribution in [-0.2, 0) is 14.6 Å². The van der Waals surface area contributed by atoms with Crippen molar-refractivity contribution in [3.05, 3.63) is 29.3 Å². The highest BCUT2D eigenvalue weighted by Crippen LogP contribution is 2.14. The van der Waals surface area contributed by atoms with Gasteiger partial charge in [-0.05, 0) is 31.2 Å². The minimum atomic E-state index is -3.80. The first-order chi connectivity index (χ1) is 10.8. The smallest absolute Gasteiger partial charge is 0.183 e. The number of hydrogen-bond acceptors (Lipinski definition) is 6. The van der Waals surface area contributed by atoms with E-state index in [4.69, 9.17) is 21.8 Å². The summed E-state index contributed by atoms with van der Waals surface area (Å²) in [6.45, 7) is 4.93. The Hall–Kier alpha value is -1.19. The van der Waals surface area contributed by atoms with Crippen molar-refractivity contribution >= 4 is 27.4 Å². The predicted octanol–water partition coefficient (Wildman–Crippen LogP) is -2.26. The molecule has 3 N–H and O–H groups in total. The van der Waals surface area contributed by atoms with Crippen molar-refractivity contribution in [2.45, 2.75) is 11.8 Å². The zero-order chi connectivity index (χ0) is 17.9. The van der Waals surface area contributed by atoms with E-state index >= 15 is 0 Å². The van der Waals surface area contributed by atoms with Gasteiger partial charge in [-0.1, -0.05) is 11.6 Å². The van der Waals surface area contributed by atoms with Crippen molar-refractivity contribution < 1.29 is 33.4 Å². The fourth-order valence-electron chi connectivity index (χ4n) is 1.68. The average molecular weight is 368 g/mol. The Balaban J connectivity index is 0.000000468. The number of halogens is 1. The summed E-state index contributed by atoms with van der Waals surface area (Å²) in [6, 6.07) is 5.26. The molecule has 1 aromatic carbocycles. The first-order valence-corrected chi connectivity index (χ1v) is 9.03. The van der Waals surface area contributed by atoms with E-state index < -0.39 is 21.6 Å². The molecule has 0 amide bonds. The van der Waals surface area contributed by atoms with Gasteiger partial charge in [-0.15, -0.1) is 0 Å². The number of carbonyl (C=O) groups excluding carboxylic acids is 1. The third-order valence-corrected chi connectivity index (χ3v) is 4.77. The number of carboxylic acids is 1. The highest BCUT2D eigenvalue weighted by molar-refractivity contribution is 7.92. The minimum absolute atomic E-state index is 0.0777. The highest BCUT2D eigenvalue weighted by Gasteiger charge is 2.13. The van der Waals surface area contributed by atoms with Crippen LogP contribution in [0.3, 0.4) is 0 Å². The molecule has 0 atom stereocenters. The van der Waals surface area contributed by atoms with Gasteiger partial charge >= 0.3 is 0 Å². The van der Waals surface area contributed by atoms with Crippen LogP contribution >= 0.6 is 11.6 Å². The second kappa shape index (κ2) is 11.4. The molecule has 0 aliphatic carbocycles. The summed E-state index contributed by atoms with van der Waals surface area (Å²) in [6.07, 6.45) is 0. The number of quaternary nitrogens is 1. The SMILES string of the molecule is CC[NH+](CCO)CCO.O=C([O-])CS(=O)(=O)c1ccc(Cl)cc1. The Morgan fingerprint density at radius 1 is 1.17 bits per heavy atom. The quantitative estimate of drug-likeness (QED) is 0.477. The molecule has 0 aliphatic rings. The molecule has 0 bridgehead atoms. The lowest BCUT2D eigenvalue weighted by Crippen LogP contribution is -3.12. The molecule has 132 valence electrons. The van der Waals surface area contributed by atoms with Crippen molar-refractivity contribution in [2.75, 3.05) is 38.6 Å². The molecule has 0 radical (unpaired) electrons. The van der Waals surface area contributed by atoms with E-state index in [1.807, 2.05) is 6.92 Å². The first-order valence-electron chi connectivity index (χ1n) is 7.00. The van der Waals surface area contributed by atoms with E-state index in [-0.39, 0.29) is 18.1 Å². The maximum absolute atomic E-state index is 11.3. The Kier molecular flexibility index (Phi) is 10.8. The monoisotopic (exact) mass is 367 g/mol. The topological polar surface area (TPSA) is 119 Å². The third kappa shape index (κ3) is 9.52. The van der Waals surface area contributed by atoms with Crippen molar-refractivity contribution in [2.24, 2.45) is 0 Å². The van der Waals surface area contributed by atoms with E-state index in [0.29, 0.717) is 5.02 Å². The molecule has 1 aromatic rings. The predicted molar refractivity (Wildman–Crippen MR) is 83.9 cm³/mol. The van der Waals surface area contributed by atoms with Gasteiger partial charge in [0.05, 0.1) is 36.4 Å². The van der Waals surface area contributed by atoms with Crippen molar-refractivity contribution in [1.82, 2.24) is 0 Å². The number of nitrogens with one attached hydrogen (secondary N) is 1. The van der Waals surface area contributed by atoms with Crippen LogP contribution in [-0.4, -0.2) is 63.2 Å². The highest BCUT2D eigenvalue weighted by atomic mass is 35.5. The van der Waals surface area contributed by atoms with Crippen LogP contribution < -0.4 is 10.0 Å². The van der Waals surface area contributed by atoms with Gasteiger partial charge in [0.15, 0.2) is 9.84 Å². The molecule has 0 heterocycles. The Labute approximate surface area is 141 Å². The molecule has 0 fully saturated rings. The maximum atomic E-state index is 11.3. The van der Waals surface area contributed by atoms with Gasteiger partial charge in [0.25, 0.3) is 0 Å². The number of aliphatic carboxylic acids is 1. The lowest BCUT2D eigenvalue weighted by atomic mass is 10.4. The summed E-state index contributed by atoms with van der Waals surface area (Å²) in [5.74, 6) is -2.64. The number of sulfone groups is 1. The van der Waals surface area contributed by atoms with Crippen molar-refractivity contribution in [1.29, 1.82) is 0 Å². The Bertz CT molecular complexity index is 555. The Morgan fingerprint density at radius 2 is 1.65 bits per heavy atom. The lowest BCUT2D eigenvalue weighted by molar-refractivity contribution is -0.898. The number of carbonyl (C=O) groups is 1. The summed E-state index contributed by atoms with van der Waals surface area (Å²) in [7, 11) is -3.80. The number of carboxylic acid groups (broad SMARTS) is 1. The minimum Gasteiger partial charge on any atom is -0.549 e. The normalized spacial score (nSPS) is 11.0. The molecule has 0 spiro atoms. The number of aliphatic hydroxyl groups is 2. The van der Waals surface area contributed by atoms with Crippen LogP contribution in [0.1, 0.15) is 6.92 Å². The number of likely N-dealkylation sites (N-methyl/N-ethyl adjacent to an activating group) is 1. The molecule has 0 aromatic heterocycles. The van der Waals surface area contributed by atoms with Gasteiger partial charge in [0, 0.05) is 5.02 Å². The average Bonchev–Trinajstić information content (AvgIpc) is 2.47. The van der Waals surface area contributed by atoms with Gasteiger partial charge in [0.1, 0.15) is 13.1 Å². The fraction of sp³-hybridized carbons (Fsp3) is 0.500. The molecular weight excluding hydrogens is 346 g/mol. The summed E-state index contributed by atoms with van der Waals surface area (Å²) in [5, 5.41) is 27.5.